The zero-order chi connectivity index (χ0) is 13.3. The number of aliphatic imine (C=N–C) groups is 1. The lowest BCUT2D eigenvalue weighted by molar-refractivity contribution is 0.237. The number of likely N-dealkylation sites (N-methyl/N-ethyl adjacent to an activating group) is 1. The molecule has 0 heterocycles. The largest absolute Gasteiger partial charge is 0.357 e. The molecule has 0 spiro atoms. The van der Waals surface area contributed by atoms with E-state index in [1.54, 1.807) is 0 Å². The van der Waals surface area contributed by atoms with Crippen LogP contribution in [0.4, 0.5) is 0 Å². The molecule has 110 valence electrons. The van der Waals surface area contributed by atoms with Gasteiger partial charge in [0.1, 0.15) is 0 Å². The molecule has 0 rings (SSSR count). The molecule has 1 atom stereocenters. The van der Waals surface area contributed by atoms with Crippen LogP contribution in [0.15, 0.2) is 4.99 Å². The van der Waals surface area contributed by atoms with Crippen LogP contribution in [0.2, 0.25) is 0 Å². The van der Waals surface area contributed by atoms with Gasteiger partial charge in [0.05, 0.1) is 6.54 Å². The van der Waals surface area contributed by atoms with Crippen LogP contribution in [0.3, 0.4) is 0 Å². The molecule has 18 heavy (non-hydrogen) atoms. The van der Waals surface area contributed by atoms with Crippen molar-refractivity contribution in [1.29, 1.82) is 0 Å². The molecule has 0 saturated heterocycles. The van der Waals surface area contributed by atoms with Crippen molar-refractivity contribution in [2.45, 2.75) is 53.6 Å². The summed E-state index contributed by atoms with van der Waals surface area (Å²) in [4.78, 5) is 7.04. The molecular weight excluding hydrogens is 339 g/mol. The smallest absolute Gasteiger partial charge is 0.191 e. The fourth-order valence-electron chi connectivity index (χ4n) is 1.78. The van der Waals surface area contributed by atoms with Crippen LogP contribution in [0.5, 0.6) is 0 Å². The van der Waals surface area contributed by atoms with E-state index in [1.807, 2.05) is 0 Å². The van der Waals surface area contributed by atoms with Gasteiger partial charge in [0.25, 0.3) is 0 Å². The van der Waals surface area contributed by atoms with Crippen molar-refractivity contribution >= 4 is 29.9 Å². The minimum absolute atomic E-state index is 0. The molecule has 0 bridgehead atoms. The Bertz CT molecular complexity index is 215. The summed E-state index contributed by atoms with van der Waals surface area (Å²) in [5, 5.41) is 6.60. The average Bonchev–Trinajstić information content (AvgIpc) is 2.27. The van der Waals surface area contributed by atoms with Crippen molar-refractivity contribution in [2.75, 3.05) is 26.2 Å². The second-order valence-electron chi connectivity index (χ2n) is 4.59. The number of nitrogens with zero attached hydrogens (tertiary/aromatic N) is 2. The maximum absolute atomic E-state index is 4.62. The van der Waals surface area contributed by atoms with Crippen LogP contribution in [-0.2, 0) is 0 Å². The van der Waals surface area contributed by atoms with Gasteiger partial charge in [-0.15, -0.1) is 24.0 Å². The highest BCUT2D eigenvalue weighted by Gasteiger charge is 2.09. The molecule has 0 aromatic heterocycles. The Hall–Kier alpha value is -0.0400. The van der Waals surface area contributed by atoms with Gasteiger partial charge >= 0.3 is 0 Å². The topological polar surface area (TPSA) is 39.7 Å². The molecule has 0 fully saturated rings. The third-order valence-electron chi connectivity index (χ3n) is 2.72. The Morgan fingerprint density at radius 3 is 2.06 bits per heavy atom. The molecule has 0 amide bonds. The van der Waals surface area contributed by atoms with Crippen molar-refractivity contribution in [1.82, 2.24) is 15.5 Å². The van der Waals surface area contributed by atoms with Crippen LogP contribution in [0.1, 0.15) is 41.5 Å². The summed E-state index contributed by atoms with van der Waals surface area (Å²) in [7, 11) is 0. The van der Waals surface area contributed by atoms with E-state index in [4.69, 9.17) is 0 Å². The molecule has 0 aliphatic heterocycles. The molecule has 0 aliphatic rings. The molecular formula is C13H31IN4. The van der Waals surface area contributed by atoms with E-state index < -0.39 is 0 Å². The molecule has 5 heteroatoms. The summed E-state index contributed by atoms with van der Waals surface area (Å²) in [6.45, 7) is 16.9. The highest BCUT2D eigenvalue weighted by Crippen LogP contribution is 1.98. The first kappa shape index (κ1) is 20.3. The van der Waals surface area contributed by atoms with E-state index in [1.165, 1.54) is 0 Å². The van der Waals surface area contributed by atoms with Crippen molar-refractivity contribution in [3.8, 4) is 0 Å². The molecule has 4 nitrogen and oxygen atoms in total. The second-order valence-corrected chi connectivity index (χ2v) is 4.59. The van der Waals surface area contributed by atoms with E-state index in [0.717, 1.165) is 32.1 Å². The molecule has 1 unspecified atom stereocenters. The van der Waals surface area contributed by atoms with Gasteiger partial charge in [-0.05, 0) is 40.8 Å². The number of rotatable bonds is 7. The van der Waals surface area contributed by atoms with E-state index in [9.17, 15) is 0 Å². The van der Waals surface area contributed by atoms with Gasteiger partial charge in [0, 0.05) is 18.6 Å². The average molecular weight is 370 g/mol. The maximum Gasteiger partial charge on any atom is 0.191 e. The van der Waals surface area contributed by atoms with Crippen molar-refractivity contribution in [2.24, 2.45) is 4.99 Å². The lowest BCUT2D eigenvalue weighted by atomic mass is 10.3. The van der Waals surface area contributed by atoms with Crippen molar-refractivity contribution in [3.05, 3.63) is 0 Å². The molecule has 0 aromatic rings. The quantitative estimate of drug-likeness (QED) is 0.411. The SMILES string of the molecule is CCNC(=NCC(C)N(CC)CC)NC(C)C.I. The number of nitrogens with one attached hydrogen (secondary N) is 2. The van der Waals surface area contributed by atoms with Crippen LogP contribution in [0, 0.1) is 0 Å². The van der Waals surface area contributed by atoms with Gasteiger partial charge in [-0.1, -0.05) is 13.8 Å². The molecule has 0 radical (unpaired) electrons. The summed E-state index contributed by atoms with van der Waals surface area (Å²) >= 11 is 0. The summed E-state index contributed by atoms with van der Waals surface area (Å²) in [6, 6.07) is 0.907. The predicted molar refractivity (Wildman–Crippen MR) is 92.0 cm³/mol. The Morgan fingerprint density at radius 1 is 1.11 bits per heavy atom. The third-order valence-corrected chi connectivity index (χ3v) is 2.72. The van der Waals surface area contributed by atoms with Gasteiger partial charge in [-0.3, -0.25) is 9.89 Å². The zero-order valence-electron chi connectivity index (χ0n) is 12.8. The molecule has 0 aromatic carbocycles. The fraction of sp³-hybridized carbons (Fsp3) is 0.923. The molecule has 0 saturated carbocycles. The lowest BCUT2D eigenvalue weighted by Crippen LogP contribution is -2.42. The predicted octanol–water partition coefficient (Wildman–Crippen LogP) is 2.30. The first-order chi connectivity index (χ1) is 8.04. The first-order valence-corrected chi connectivity index (χ1v) is 6.83. The second kappa shape index (κ2) is 12.0. The molecule has 2 N–H and O–H groups in total. The Balaban J connectivity index is 0. The van der Waals surface area contributed by atoms with E-state index in [0.29, 0.717) is 12.1 Å². The monoisotopic (exact) mass is 370 g/mol. The number of guanidine groups is 1. The van der Waals surface area contributed by atoms with Crippen LogP contribution < -0.4 is 10.6 Å². The van der Waals surface area contributed by atoms with Gasteiger partial charge < -0.3 is 10.6 Å². The van der Waals surface area contributed by atoms with E-state index in [-0.39, 0.29) is 24.0 Å². The van der Waals surface area contributed by atoms with Gasteiger partial charge in [0.15, 0.2) is 5.96 Å². The highest BCUT2D eigenvalue weighted by molar-refractivity contribution is 14.0. The van der Waals surface area contributed by atoms with Crippen molar-refractivity contribution < 1.29 is 0 Å². The minimum atomic E-state index is 0. The summed E-state index contributed by atoms with van der Waals surface area (Å²) in [6.07, 6.45) is 0. The fourth-order valence-corrected chi connectivity index (χ4v) is 1.78. The lowest BCUT2D eigenvalue weighted by Gasteiger charge is -2.25. The Kier molecular flexibility index (Phi) is 13.5. The summed E-state index contributed by atoms with van der Waals surface area (Å²) in [5.41, 5.74) is 0. The van der Waals surface area contributed by atoms with Crippen LogP contribution in [-0.4, -0.2) is 49.1 Å². The van der Waals surface area contributed by atoms with E-state index in [2.05, 4.69) is 62.1 Å². The van der Waals surface area contributed by atoms with Gasteiger partial charge in [0.2, 0.25) is 0 Å². The number of hydrogen-bond donors (Lipinski definition) is 2. The standard InChI is InChI=1S/C13H30N4.HI/c1-7-14-13(16-11(4)5)15-10-12(6)17(8-2)9-3;/h11-12H,7-10H2,1-6H3,(H2,14,15,16);1H. The van der Waals surface area contributed by atoms with Gasteiger partial charge in [-0.25, -0.2) is 0 Å². The van der Waals surface area contributed by atoms with Crippen molar-refractivity contribution in [3.63, 3.8) is 0 Å². The first-order valence-electron chi connectivity index (χ1n) is 6.83. The molecule has 0 aliphatic carbocycles. The summed E-state index contributed by atoms with van der Waals surface area (Å²) in [5.74, 6) is 0.918. The van der Waals surface area contributed by atoms with Crippen LogP contribution >= 0.6 is 24.0 Å². The Labute approximate surface area is 130 Å². The highest BCUT2D eigenvalue weighted by atomic mass is 127. The van der Waals surface area contributed by atoms with E-state index >= 15 is 0 Å². The Morgan fingerprint density at radius 2 is 1.67 bits per heavy atom. The normalized spacial score (nSPS) is 13.4. The number of halogens is 1. The van der Waals surface area contributed by atoms with Gasteiger partial charge in [-0.2, -0.15) is 0 Å². The number of hydrogen-bond acceptors (Lipinski definition) is 2. The third kappa shape index (κ3) is 8.97. The minimum Gasteiger partial charge on any atom is -0.357 e. The zero-order valence-corrected chi connectivity index (χ0v) is 15.1. The maximum atomic E-state index is 4.62. The summed E-state index contributed by atoms with van der Waals surface area (Å²) < 4.78 is 0. The van der Waals surface area contributed by atoms with Crippen LogP contribution in [0.25, 0.3) is 0 Å².